The Balaban J connectivity index is 1.58. The van der Waals surface area contributed by atoms with Crippen molar-refractivity contribution in [1.82, 2.24) is 14.3 Å². The molecule has 3 N–H and O–H groups in total. The van der Waals surface area contributed by atoms with Crippen molar-refractivity contribution < 1.29 is 18.1 Å². The number of nitrogens with zero attached hydrogens (tertiary/aromatic N) is 5. The van der Waals surface area contributed by atoms with Crippen LogP contribution in [0, 0.1) is 17.7 Å². The van der Waals surface area contributed by atoms with Crippen LogP contribution in [0.2, 0.25) is 0 Å². The topological polar surface area (TPSA) is 135 Å². The van der Waals surface area contributed by atoms with E-state index in [2.05, 4.69) is 36.5 Å². The summed E-state index contributed by atoms with van der Waals surface area (Å²) in [6.45, 7) is 4.47. The number of anilines is 1. The minimum Gasteiger partial charge on any atom is -0.463 e. The number of halogens is 1. The lowest BCUT2D eigenvalue weighted by atomic mass is 9.93. The molecule has 2 atom stereocenters. The predicted octanol–water partition coefficient (Wildman–Crippen LogP) is 2.29. The van der Waals surface area contributed by atoms with E-state index in [1.807, 2.05) is 0 Å². The lowest BCUT2D eigenvalue weighted by Gasteiger charge is -2.38. The number of hydrogen-bond donors (Lipinski definition) is 2. The van der Waals surface area contributed by atoms with Gasteiger partial charge in [0.15, 0.2) is 6.61 Å². The van der Waals surface area contributed by atoms with Crippen LogP contribution in [0.25, 0.3) is 0 Å². The molecule has 0 saturated carbocycles. The highest BCUT2D eigenvalue weighted by atomic mass is 32.2. The van der Waals surface area contributed by atoms with Crippen LogP contribution in [0.3, 0.4) is 0 Å². The molecule has 1 aromatic carbocycles. The summed E-state index contributed by atoms with van der Waals surface area (Å²) in [5.74, 6) is 4.65. The average molecular weight is 500 g/mol. The van der Waals surface area contributed by atoms with Gasteiger partial charge in [0.25, 0.3) is 5.91 Å². The van der Waals surface area contributed by atoms with Crippen LogP contribution in [0.15, 0.2) is 39.9 Å². The zero-order valence-corrected chi connectivity index (χ0v) is 20.3. The minimum absolute atomic E-state index is 0.00956. The fraction of sp³-hybridized carbons (Fsp3) is 0.391. The van der Waals surface area contributed by atoms with E-state index in [4.69, 9.17) is 10.5 Å². The monoisotopic (exact) mass is 499 g/mol. The third-order valence-electron chi connectivity index (χ3n) is 5.63. The van der Waals surface area contributed by atoms with Gasteiger partial charge in [-0.05, 0) is 44.9 Å². The lowest BCUT2D eigenvalue weighted by molar-refractivity contribution is 0.102. The smallest absolute Gasteiger partial charge is 0.275 e. The molecule has 35 heavy (non-hydrogen) atoms. The first-order valence-electron chi connectivity index (χ1n) is 11.0. The molecule has 0 fully saturated rings. The Morgan fingerprint density at radius 1 is 1.34 bits per heavy atom. The molecule has 184 valence electrons. The van der Waals surface area contributed by atoms with Gasteiger partial charge in [-0.15, -0.1) is 5.92 Å². The Labute approximate surface area is 203 Å². The number of nitrogens with two attached hydrogens (primary N) is 1. The number of carbonyl (C=O) groups is 1. The number of carbonyl (C=O) groups excluding carboxylic acids is 1. The van der Waals surface area contributed by atoms with Gasteiger partial charge >= 0.3 is 0 Å². The van der Waals surface area contributed by atoms with E-state index in [-0.39, 0.29) is 35.5 Å². The van der Waals surface area contributed by atoms with Crippen LogP contribution in [0.4, 0.5) is 10.1 Å². The van der Waals surface area contributed by atoms with E-state index < -0.39 is 27.2 Å². The van der Waals surface area contributed by atoms with Crippen molar-refractivity contribution in [2.45, 2.75) is 32.2 Å². The summed E-state index contributed by atoms with van der Waals surface area (Å²) in [5.41, 5.74) is 5.46. The highest BCUT2D eigenvalue weighted by Crippen LogP contribution is 2.36. The molecular formula is C23H26FN7O3S. The summed E-state index contributed by atoms with van der Waals surface area (Å²) in [6, 6.07) is 4.11. The maximum absolute atomic E-state index is 15.0. The number of nitrogens with one attached hydrogen (secondary N) is 1. The second kappa shape index (κ2) is 9.87. The molecule has 0 saturated heterocycles. The Kier molecular flexibility index (Phi) is 6.88. The molecule has 1 amide bonds. The van der Waals surface area contributed by atoms with E-state index in [1.54, 1.807) is 13.8 Å². The van der Waals surface area contributed by atoms with Gasteiger partial charge in [-0.3, -0.25) is 9.10 Å². The summed E-state index contributed by atoms with van der Waals surface area (Å²) in [4.78, 5) is 25.3. The summed E-state index contributed by atoms with van der Waals surface area (Å²) in [5, 5.41) is 2.68. The number of rotatable bonds is 5. The van der Waals surface area contributed by atoms with Gasteiger partial charge in [0, 0.05) is 17.8 Å². The maximum Gasteiger partial charge on any atom is 0.275 e. The lowest BCUT2D eigenvalue weighted by Crippen LogP contribution is -2.52. The first-order valence-corrected chi connectivity index (χ1v) is 12.7. The van der Waals surface area contributed by atoms with Crippen molar-refractivity contribution in [3.63, 3.8) is 0 Å². The van der Waals surface area contributed by atoms with Gasteiger partial charge in [0.2, 0.25) is 11.8 Å². The predicted molar refractivity (Wildman–Crippen MR) is 131 cm³/mol. The third-order valence-corrected chi connectivity index (χ3v) is 8.21. The van der Waals surface area contributed by atoms with Crippen LogP contribution >= 0.6 is 0 Å². The zero-order valence-electron chi connectivity index (χ0n) is 19.5. The molecule has 2 aliphatic rings. The quantitative estimate of drug-likeness (QED) is 0.606. The molecule has 3 heterocycles. The van der Waals surface area contributed by atoms with Crippen molar-refractivity contribution in [3.8, 4) is 17.7 Å². The molecule has 10 nitrogen and oxygen atoms in total. The van der Waals surface area contributed by atoms with Gasteiger partial charge in [-0.25, -0.2) is 27.9 Å². The first-order chi connectivity index (χ1) is 16.7. The number of aromatic nitrogens is 2. The molecule has 0 spiro atoms. The summed E-state index contributed by atoms with van der Waals surface area (Å²) in [7, 11) is -2.87. The van der Waals surface area contributed by atoms with Crippen LogP contribution in [0.5, 0.6) is 5.88 Å². The van der Waals surface area contributed by atoms with E-state index in [0.29, 0.717) is 18.8 Å². The fourth-order valence-corrected chi connectivity index (χ4v) is 6.42. The summed E-state index contributed by atoms with van der Waals surface area (Å²) >= 11 is 0. The highest BCUT2D eigenvalue weighted by Gasteiger charge is 2.42. The molecule has 2 aromatic rings. The van der Waals surface area contributed by atoms with E-state index in [1.165, 1.54) is 34.9 Å². The Morgan fingerprint density at radius 2 is 2.17 bits per heavy atom. The zero-order chi connectivity index (χ0) is 25.1. The van der Waals surface area contributed by atoms with Crippen molar-refractivity contribution >= 4 is 27.5 Å². The Hall–Kier alpha value is -3.72. The molecule has 4 rings (SSSR count). The molecule has 0 radical (unpaired) electrons. The van der Waals surface area contributed by atoms with Crippen molar-refractivity contribution in [3.05, 3.63) is 47.7 Å². The van der Waals surface area contributed by atoms with E-state index in [0.717, 1.165) is 12.8 Å². The largest absolute Gasteiger partial charge is 0.463 e. The van der Waals surface area contributed by atoms with Gasteiger partial charge in [0.1, 0.15) is 27.0 Å². The van der Waals surface area contributed by atoms with Crippen LogP contribution in [-0.4, -0.2) is 55.8 Å². The average Bonchev–Trinajstić information content (AvgIpc) is 3.02. The number of guanidine groups is 1. The number of fused-ring (bicyclic) bond motifs is 1. The molecule has 1 aromatic heterocycles. The van der Waals surface area contributed by atoms with Gasteiger partial charge < -0.3 is 15.8 Å². The van der Waals surface area contributed by atoms with Crippen LogP contribution in [-0.2, 0) is 15.5 Å². The molecule has 0 aliphatic carbocycles. The second-order valence-electron chi connectivity index (χ2n) is 8.26. The Morgan fingerprint density at radius 3 is 2.91 bits per heavy atom. The Bertz CT molecular complexity index is 1340. The van der Waals surface area contributed by atoms with Crippen molar-refractivity contribution in [2.75, 3.05) is 30.8 Å². The summed E-state index contributed by atoms with van der Waals surface area (Å²) < 4.78 is 39.8. The standard InChI is InChI=1S/C23H26FN7O3S/c1-3-4-11-34-20-14-26-19(13-27-20)21(32)29-16-7-8-18(24)17(12-16)23(2)15-35(33)28-9-5-6-10-31(35)22(25)30-23/h7-8,12-14H,5-6,9-11,15H2,1-2H3,(H2,25,30)(H,29,32)/t23-,35-/m0/s1. The first kappa shape index (κ1) is 24.4. The number of amides is 1. The SMILES string of the molecule is CC#CCOc1cnc(C(=O)Nc2ccc(F)c([C@]3(C)C[S@]4(=O)=NCCCCN4C(N)=N3)c2)cn1. The molecule has 2 aliphatic heterocycles. The number of aliphatic imine (C=N–C) groups is 1. The van der Waals surface area contributed by atoms with Gasteiger partial charge in [-0.2, -0.15) is 0 Å². The normalized spacial score (nSPS) is 23.5. The second-order valence-corrected chi connectivity index (χ2v) is 10.5. The molecular weight excluding hydrogens is 473 g/mol. The number of ether oxygens (including phenoxy) is 1. The van der Waals surface area contributed by atoms with Gasteiger partial charge in [0.05, 0.1) is 24.7 Å². The summed E-state index contributed by atoms with van der Waals surface area (Å²) in [6.07, 6.45) is 4.19. The molecule has 0 unspecified atom stereocenters. The number of benzene rings is 1. The molecule has 0 bridgehead atoms. The third kappa shape index (κ3) is 5.19. The van der Waals surface area contributed by atoms with Crippen molar-refractivity contribution in [1.29, 1.82) is 0 Å². The van der Waals surface area contributed by atoms with E-state index in [9.17, 15) is 13.4 Å². The fourth-order valence-electron chi connectivity index (χ4n) is 3.92. The van der Waals surface area contributed by atoms with E-state index >= 15 is 0 Å². The minimum atomic E-state index is -2.87. The maximum atomic E-state index is 15.0. The van der Waals surface area contributed by atoms with Gasteiger partial charge in [-0.1, -0.05) is 5.92 Å². The van der Waals surface area contributed by atoms with Crippen LogP contribution < -0.4 is 15.8 Å². The number of hydrogen-bond acceptors (Lipinski definition) is 8. The van der Waals surface area contributed by atoms with Crippen LogP contribution in [0.1, 0.15) is 42.7 Å². The molecule has 12 heteroatoms. The van der Waals surface area contributed by atoms with Crippen molar-refractivity contribution in [2.24, 2.45) is 15.1 Å². The highest BCUT2D eigenvalue weighted by molar-refractivity contribution is 7.92.